The van der Waals surface area contributed by atoms with E-state index in [0.717, 1.165) is 53.5 Å². The standard InChI is InChI=1S/C24H28N6O/c1-16-11-17(2)28-24(27-16)29-21-12-18(3)26-22(13-21)19-7-6-10-30(15-19)23(31)14-20-8-4-5-9-25-20/h4-5,8-9,11-13,19H,6-7,10,14-15H2,1-3H3,(H,26,27,28,29). The first-order valence-corrected chi connectivity index (χ1v) is 10.7. The summed E-state index contributed by atoms with van der Waals surface area (Å²) in [5, 5.41) is 3.32. The number of nitrogens with zero attached hydrogens (tertiary/aromatic N) is 5. The molecule has 0 bridgehead atoms. The Labute approximate surface area is 183 Å². The third-order valence-corrected chi connectivity index (χ3v) is 5.46. The fourth-order valence-corrected chi connectivity index (χ4v) is 4.10. The summed E-state index contributed by atoms with van der Waals surface area (Å²) in [6.07, 6.45) is 4.05. The van der Waals surface area contributed by atoms with Gasteiger partial charge in [0.1, 0.15) is 0 Å². The highest BCUT2D eigenvalue weighted by Crippen LogP contribution is 2.28. The molecule has 0 aliphatic carbocycles. The maximum atomic E-state index is 12.8. The molecule has 1 aliphatic heterocycles. The molecule has 160 valence electrons. The molecule has 0 aromatic carbocycles. The van der Waals surface area contributed by atoms with Gasteiger partial charge in [-0.2, -0.15) is 0 Å². The van der Waals surface area contributed by atoms with Crippen molar-refractivity contribution < 1.29 is 4.79 Å². The van der Waals surface area contributed by atoms with E-state index < -0.39 is 0 Å². The molecule has 4 rings (SSSR count). The summed E-state index contributed by atoms with van der Waals surface area (Å²) in [4.78, 5) is 32.8. The molecule has 0 spiro atoms. The molecule has 1 aliphatic rings. The maximum Gasteiger partial charge on any atom is 0.228 e. The second kappa shape index (κ2) is 9.20. The molecule has 1 atom stereocenters. The second-order valence-corrected chi connectivity index (χ2v) is 8.20. The summed E-state index contributed by atoms with van der Waals surface area (Å²) < 4.78 is 0. The van der Waals surface area contributed by atoms with E-state index in [9.17, 15) is 4.79 Å². The summed E-state index contributed by atoms with van der Waals surface area (Å²) in [5.74, 6) is 0.921. The van der Waals surface area contributed by atoms with Crippen LogP contribution in [0.5, 0.6) is 0 Å². The highest BCUT2D eigenvalue weighted by atomic mass is 16.2. The average Bonchev–Trinajstić information content (AvgIpc) is 2.73. The minimum atomic E-state index is 0.123. The zero-order valence-electron chi connectivity index (χ0n) is 18.3. The van der Waals surface area contributed by atoms with Gasteiger partial charge in [0.2, 0.25) is 11.9 Å². The first-order chi connectivity index (χ1) is 15.0. The molecule has 3 aromatic heterocycles. The van der Waals surface area contributed by atoms with Gasteiger partial charge in [0, 0.05) is 59.4 Å². The van der Waals surface area contributed by atoms with Gasteiger partial charge >= 0.3 is 0 Å². The first-order valence-electron chi connectivity index (χ1n) is 10.7. The Bertz CT molecular complexity index is 1050. The number of aromatic nitrogens is 4. The molecular weight excluding hydrogens is 388 g/mol. The lowest BCUT2D eigenvalue weighted by atomic mass is 9.93. The van der Waals surface area contributed by atoms with E-state index in [1.54, 1.807) is 6.20 Å². The topological polar surface area (TPSA) is 83.9 Å². The SMILES string of the molecule is Cc1cc(Nc2nc(C)cc(C)n2)cc(C2CCCN(C(=O)Cc3ccccn3)C2)n1. The number of piperidine rings is 1. The van der Waals surface area contributed by atoms with Crippen molar-refractivity contribution in [3.05, 3.63) is 71.1 Å². The molecular formula is C24H28N6O. The zero-order valence-corrected chi connectivity index (χ0v) is 18.3. The molecule has 31 heavy (non-hydrogen) atoms. The van der Waals surface area contributed by atoms with Gasteiger partial charge in [-0.15, -0.1) is 0 Å². The van der Waals surface area contributed by atoms with Gasteiger partial charge in [0.25, 0.3) is 0 Å². The Morgan fingerprint density at radius 2 is 1.84 bits per heavy atom. The lowest BCUT2D eigenvalue weighted by molar-refractivity contribution is -0.131. The van der Waals surface area contributed by atoms with E-state index >= 15 is 0 Å². The summed E-state index contributed by atoms with van der Waals surface area (Å²) in [6, 6.07) is 11.7. The van der Waals surface area contributed by atoms with Crippen molar-refractivity contribution >= 4 is 17.5 Å². The number of hydrogen-bond donors (Lipinski definition) is 1. The molecule has 7 heteroatoms. The summed E-state index contributed by atoms with van der Waals surface area (Å²) in [7, 11) is 0. The number of rotatable bonds is 5. The monoisotopic (exact) mass is 416 g/mol. The molecule has 1 saturated heterocycles. The number of anilines is 2. The van der Waals surface area contributed by atoms with Crippen molar-refractivity contribution in [3.8, 4) is 0 Å². The lowest BCUT2D eigenvalue weighted by Crippen LogP contribution is -2.40. The van der Waals surface area contributed by atoms with Crippen molar-refractivity contribution in [1.29, 1.82) is 0 Å². The van der Waals surface area contributed by atoms with Crippen LogP contribution in [-0.2, 0) is 11.2 Å². The van der Waals surface area contributed by atoms with Crippen LogP contribution >= 0.6 is 0 Å². The molecule has 7 nitrogen and oxygen atoms in total. The van der Waals surface area contributed by atoms with Crippen molar-refractivity contribution in [2.75, 3.05) is 18.4 Å². The van der Waals surface area contributed by atoms with Gasteiger partial charge in [0.15, 0.2) is 0 Å². The molecule has 4 heterocycles. The third kappa shape index (κ3) is 5.42. The zero-order chi connectivity index (χ0) is 21.8. The van der Waals surface area contributed by atoms with Crippen LogP contribution in [-0.4, -0.2) is 43.8 Å². The molecule has 1 N–H and O–H groups in total. The van der Waals surface area contributed by atoms with Gasteiger partial charge in [-0.25, -0.2) is 9.97 Å². The van der Waals surface area contributed by atoms with E-state index in [2.05, 4.69) is 26.3 Å². The Hall–Kier alpha value is -3.35. The van der Waals surface area contributed by atoms with Gasteiger partial charge in [-0.3, -0.25) is 14.8 Å². The van der Waals surface area contributed by atoms with Crippen LogP contribution in [0.3, 0.4) is 0 Å². The van der Waals surface area contributed by atoms with Crippen LogP contribution in [0.4, 0.5) is 11.6 Å². The van der Waals surface area contributed by atoms with Crippen molar-refractivity contribution in [2.24, 2.45) is 0 Å². The maximum absolute atomic E-state index is 12.8. The van der Waals surface area contributed by atoms with Crippen LogP contribution in [0.25, 0.3) is 0 Å². The van der Waals surface area contributed by atoms with Gasteiger partial charge in [0.05, 0.1) is 6.42 Å². The number of pyridine rings is 2. The van der Waals surface area contributed by atoms with Crippen molar-refractivity contribution in [3.63, 3.8) is 0 Å². The van der Waals surface area contributed by atoms with Crippen LogP contribution < -0.4 is 5.32 Å². The third-order valence-electron chi connectivity index (χ3n) is 5.46. The fourth-order valence-electron chi connectivity index (χ4n) is 4.10. The highest BCUT2D eigenvalue weighted by Gasteiger charge is 2.26. The summed E-state index contributed by atoms with van der Waals surface area (Å²) in [5.41, 5.74) is 5.52. The van der Waals surface area contributed by atoms with E-state index in [-0.39, 0.29) is 11.8 Å². The van der Waals surface area contributed by atoms with E-state index in [4.69, 9.17) is 4.98 Å². The Kier molecular flexibility index (Phi) is 6.21. The first kappa shape index (κ1) is 20.9. The molecule has 1 amide bonds. The molecule has 1 fully saturated rings. The Morgan fingerprint density at radius 1 is 1.06 bits per heavy atom. The smallest absolute Gasteiger partial charge is 0.228 e. The largest absolute Gasteiger partial charge is 0.342 e. The highest BCUT2D eigenvalue weighted by molar-refractivity contribution is 5.78. The number of likely N-dealkylation sites (tertiary alicyclic amines) is 1. The van der Waals surface area contributed by atoms with E-state index in [1.165, 1.54) is 0 Å². The summed E-state index contributed by atoms with van der Waals surface area (Å²) >= 11 is 0. The normalized spacial score (nSPS) is 16.2. The lowest BCUT2D eigenvalue weighted by Gasteiger charge is -2.33. The van der Waals surface area contributed by atoms with E-state index in [0.29, 0.717) is 18.9 Å². The number of aryl methyl sites for hydroxylation is 3. The molecule has 3 aromatic rings. The number of nitrogens with one attached hydrogen (secondary N) is 1. The van der Waals surface area contributed by atoms with E-state index in [1.807, 2.05) is 56.0 Å². The number of amides is 1. The quantitative estimate of drug-likeness (QED) is 0.679. The minimum absolute atomic E-state index is 0.123. The van der Waals surface area contributed by atoms with Gasteiger partial charge in [-0.1, -0.05) is 6.07 Å². The second-order valence-electron chi connectivity index (χ2n) is 8.20. The van der Waals surface area contributed by atoms with Gasteiger partial charge in [-0.05, 0) is 63.9 Å². The molecule has 0 radical (unpaired) electrons. The predicted octanol–water partition coefficient (Wildman–Crippen LogP) is 3.88. The minimum Gasteiger partial charge on any atom is -0.342 e. The number of hydrogen-bond acceptors (Lipinski definition) is 6. The molecule has 1 unspecified atom stereocenters. The number of carbonyl (C=O) groups is 1. The Balaban J connectivity index is 1.48. The van der Waals surface area contributed by atoms with Crippen LogP contribution in [0, 0.1) is 20.8 Å². The van der Waals surface area contributed by atoms with Crippen LogP contribution in [0.2, 0.25) is 0 Å². The average molecular weight is 417 g/mol. The Morgan fingerprint density at radius 3 is 2.58 bits per heavy atom. The van der Waals surface area contributed by atoms with Crippen molar-refractivity contribution in [1.82, 2.24) is 24.8 Å². The number of carbonyl (C=O) groups excluding carboxylic acids is 1. The van der Waals surface area contributed by atoms with Crippen LogP contribution in [0.15, 0.2) is 42.6 Å². The fraction of sp³-hybridized carbons (Fsp3) is 0.375. The van der Waals surface area contributed by atoms with Crippen molar-refractivity contribution in [2.45, 2.75) is 46.0 Å². The predicted molar refractivity (Wildman–Crippen MR) is 120 cm³/mol. The van der Waals surface area contributed by atoms with Crippen LogP contribution in [0.1, 0.15) is 47.2 Å². The molecule has 0 saturated carbocycles. The van der Waals surface area contributed by atoms with Gasteiger partial charge < -0.3 is 10.2 Å². The summed E-state index contributed by atoms with van der Waals surface area (Å²) in [6.45, 7) is 7.38.